The Morgan fingerprint density at radius 2 is 1.81 bits per heavy atom. The van der Waals surface area contributed by atoms with E-state index >= 15 is 0 Å². The number of anilines is 1. The molecule has 9 nitrogen and oxygen atoms in total. The molecule has 0 bridgehead atoms. The van der Waals surface area contributed by atoms with Crippen LogP contribution in [0, 0.1) is 10.5 Å². The number of methoxy groups -OCH3 is 2. The zero-order valence-electron chi connectivity index (χ0n) is 17.4. The maximum absolute atomic E-state index is 13.0. The summed E-state index contributed by atoms with van der Waals surface area (Å²) in [6.45, 7) is 1.57. The molecule has 2 aromatic rings. The first kappa shape index (κ1) is 23.3. The highest BCUT2D eigenvalue weighted by molar-refractivity contribution is 14.1. The minimum Gasteiger partial charge on any atom is -0.493 e. The van der Waals surface area contributed by atoms with Gasteiger partial charge < -0.3 is 14.2 Å². The summed E-state index contributed by atoms with van der Waals surface area (Å²) in [7, 11) is 2.67. The second-order valence-electron chi connectivity index (χ2n) is 6.69. The Hall–Kier alpha value is -3.41. The molecule has 3 rings (SSSR count). The predicted molar refractivity (Wildman–Crippen MR) is 123 cm³/mol. The van der Waals surface area contributed by atoms with E-state index in [0.29, 0.717) is 26.3 Å². The van der Waals surface area contributed by atoms with Gasteiger partial charge in [0.2, 0.25) is 0 Å². The van der Waals surface area contributed by atoms with E-state index in [0.717, 1.165) is 10.5 Å². The normalized spacial score (nSPS) is 14.9. The molecule has 0 radical (unpaired) electrons. The first-order valence-corrected chi connectivity index (χ1v) is 10.4. The van der Waals surface area contributed by atoms with Crippen LogP contribution in [0.25, 0.3) is 6.08 Å². The maximum atomic E-state index is 13.0. The number of aryl methyl sites for hydroxylation is 1. The SMILES string of the molecule is COC(=O)COc1c(I)cc(/C=C2\C(=O)NC(=O)N(c3ccc(C)cc3)C2=O)cc1OC. The van der Waals surface area contributed by atoms with E-state index in [9.17, 15) is 19.2 Å². The molecule has 2 aromatic carbocycles. The van der Waals surface area contributed by atoms with E-state index in [2.05, 4.69) is 10.1 Å². The van der Waals surface area contributed by atoms with Crippen LogP contribution in [0.1, 0.15) is 11.1 Å². The van der Waals surface area contributed by atoms with Crippen molar-refractivity contribution in [1.29, 1.82) is 0 Å². The summed E-state index contributed by atoms with van der Waals surface area (Å²) in [5, 5.41) is 2.19. The smallest absolute Gasteiger partial charge is 0.343 e. The van der Waals surface area contributed by atoms with Crippen LogP contribution >= 0.6 is 22.6 Å². The number of barbiturate groups is 1. The first-order valence-electron chi connectivity index (χ1n) is 9.30. The summed E-state index contributed by atoms with van der Waals surface area (Å²) >= 11 is 1.98. The lowest BCUT2D eigenvalue weighted by molar-refractivity contribution is -0.143. The van der Waals surface area contributed by atoms with Crippen molar-refractivity contribution in [2.24, 2.45) is 0 Å². The van der Waals surface area contributed by atoms with Crippen LogP contribution in [0.15, 0.2) is 42.0 Å². The van der Waals surface area contributed by atoms with Crippen molar-refractivity contribution in [2.75, 3.05) is 25.7 Å². The second kappa shape index (κ2) is 9.81. The minimum absolute atomic E-state index is 0.216. The number of imide groups is 2. The van der Waals surface area contributed by atoms with Gasteiger partial charge in [-0.05, 0) is 65.4 Å². The van der Waals surface area contributed by atoms with Crippen molar-refractivity contribution in [1.82, 2.24) is 5.32 Å². The van der Waals surface area contributed by atoms with E-state index in [4.69, 9.17) is 9.47 Å². The van der Waals surface area contributed by atoms with E-state index in [1.807, 2.05) is 29.5 Å². The number of ether oxygens (including phenoxy) is 3. The van der Waals surface area contributed by atoms with Gasteiger partial charge in [0.25, 0.3) is 11.8 Å². The van der Waals surface area contributed by atoms with Crippen molar-refractivity contribution >= 4 is 58.2 Å². The lowest BCUT2D eigenvalue weighted by Gasteiger charge is -2.26. The lowest BCUT2D eigenvalue weighted by Crippen LogP contribution is -2.54. The Labute approximate surface area is 197 Å². The molecule has 0 saturated carbocycles. The molecule has 1 heterocycles. The molecule has 0 unspecified atom stereocenters. The van der Waals surface area contributed by atoms with E-state index < -0.39 is 23.8 Å². The summed E-state index contributed by atoms with van der Waals surface area (Å²) in [5.74, 6) is -1.50. The van der Waals surface area contributed by atoms with Crippen LogP contribution in [0.4, 0.5) is 10.5 Å². The zero-order valence-corrected chi connectivity index (χ0v) is 19.6. The molecule has 1 saturated heterocycles. The van der Waals surface area contributed by atoms with Crippen LogP contribution in [0.2, 0.25) is 0 Å². The van der Waals surface area contributed by atoms with Crippen molar-refractivity contribution < 1.29 is 33.4 Å². The summed E-state index contributed by atoms with van der Waals surface area (Å²) in [6, 6.07) is 9.15. The third-order valence-corrected chi connectivity index (χ3v) is 5.32. The molecule has 1 aliphatic heterocycles. The van der Waals surface area contributed by atoms with Gasteiger partial charge in [0, 0.05) is 0 Å². The number of benzene rings is 2. The van der Waals surface area contributed by atoms with Crippen molar-refractivity contribution in [3.05, 3.63) is 56.7 Å². The Bertz CT molecular complexity index is 1130. The number of hydrogen-bond acceptors (Lipinski definition) is 7. The average molecular weight is 550 g/mol. The van der Waals surface area contributed by atoms with E-state index in [1.165, 1.54) is 20.3 Å². The topological polar surface area (TPSA) is 111 Å². The van der Waals surface area contributed by atoms with Gasteiger partial charge in [-0.15, -0.1) is 0 Å². The fraction of sp³-hybridized carbons (Fsp3) is 0.182. The van der Waals surface area contributed by atoms with Gasteiger partial charge in [-0.1, -0.05) is 17.7 Å². The van der Waals surface area contributed by atoms with Gasteiger partial charge in [-0.2, -0.15) is 0 Å². The molecule has 0 atom stereocenters. The van der Waals surface area contributed by atoms with Gasteiger partial charge in [0.1, 0.15) is 5.57 Å². The van der Waals surface area contributed by atoms with Crippen LogP contribution in [0.5, 0.6) is 11.5 Å². The highest BCUT2D eigenvalue weighted by Crippen LogP contribution is 2.35. The van der Waals surface area contributed by atoms with Crippen molar-refractivity contribution in [3.63, 3.8) is 0 Å². The van der Waals surface area contributed by atoms with Crippen molar-refractivity contribution in [3.8, 4) is 11.5 Å². The average Bonchev–Trinajstić information content (AvgIpc) is 2.76. The fourth-order valence-electron chi connectivity index (χ4n) is 2.91. The zero-order chi connectivity index (χ0) is 23.4. The number of nitrogens with one attached hydrogen (secondary N) is 1. The Balaban J connectivity index is 1.96. The number of nitrogens with zero attached hydrogens (tertiary/aromatic N) is 1. The number of halogens is 1. The molecular formula is C22H19IN2O7. The summed E-state index contributed by atoms with van der Waals surface area (Å²) < 4.78 is 15.9. The third-order valence-electron chi connectivity index (χ3n) is 4.52. The Morgan fingerprint density at radius 1 is 1.12 bits per heavy atom. The molecule has 0 aliphatic carbocycles. The largest absolute Gasteiger partial charge is 0.493 e. The van der Waals surface area contributed by atoms with E-state index in [1.54, 1.807) is 36.4 Å². The van der Waals surface area contributed by atoms with Crippen LogP contribution < -0.4 is 19.7 Å². The van der Waals surface area contributed by atoms with E-state index in [-0.39, 0.29) is 12.2 Å². The highest BCUT2D eigenvalue weighted by atomic mass is 127. The van der Waals surface area contributed by atoms with Crippen molar-refractivity contribution in [2.45, 2.75) is 6.92 Å². The third kappa shape index (κ3) is 4.90. The lowest BCUT2D eigenvalue weighted by atomic mass is 10.1. The standard InChI is InChI=1S/C22H19IN2O7/c1-12-4-6-14(7-5-12)25-21(28)15(20(27)24-22(25)29)8-13-9-16(23)19(17(10-13)30-2)32-11-18(26)31-3/h4-10H,11H2,1-3H3,(H,24,27,29)/b15-8+. The number of carbonyl (C=O) groups is 4. The molecule has 1 fully saturated rings. The molecule has 166 valence electrons. The number of hydrogen-bond donors (Lipinski definition) is 1. The summed E-state index contributed by atoms with van der Waals surface area (Å²) in [4.78, 5) is 50.0. The molecule has 10 heteroatoms. The number of rotatable bonds is 6. The second-order valence-corrected chi connectivity index (χ2v) is 7.85. The Morgan fingerprint density at radius 3 is 2.44 bits per heavy atom. The molecule has 1 aliphatic rings. The van der Waals surface area contributed by atoms with Gasteiger partial charge >= 0.3 is 12.0 Å². The minimum atomic E-state index is -0.820. The van der Waals surface area contributed by atoms with Crippen LogP contribution in [-0.2, 0) is 19.1 Å². The number of carbonyl (C=O) groups excluding carboxylic acids is 4. The van der Waals surface area contributed by atoms with Gasteiger partial charge in [0.05, 0.1) is 23.5 Å². The fourth-order valence-corrected chi connectivity index (χ4v) is 3.69. The van der Waals surface area contributed by atoms with Gasteiger partial charge in [-0.3, -0.25) is 14.9 Å². The molecule has 0 spiro atoms. The number of urea groups is 1. The van der Waals surface area contributed by atoms with Crippen LogP contribution in [0.3, 0.4) is 0 Å². The molecule has 0 aromatic heterocycles. The summed E-state index contributed by atoms with van der Waals surface area (Å²) in [5.41, 5.74) is 1.55. The maximum Gasteiger partial charge on any atom is 0.343 e. The molecule has 4 amide bonds. The monoisotopic (exact) mass is 550 g/mol. The first-order chi connectivity index (χ1) is 15.2. The highest BCUT2D eigenvalue weighted by Gasteiger charge is 2.36. The molecule has 32 heavy (non-hydrogen) atoms. The number of amides is 4. The van der Waals surface area contributed by atoms with Crippen LogP contribution in [-0.4, -0.2) is 44.6 Å². The predicted octanol–water partition coefficient (Wildman–Crippen LogP) is 2.83. The van der Waals surface area contributed by atoms with Gasteiger partial charge in [0.15, 0.2) is 18.1 Å². The quantitative estimate of drug-likeness (QED) is 0.255. The molecular weight excluding hydrogens is 531 g/mol. The Kier molecular flexibility index (Phi) is 7.13. The number of esters is 1. The van der Waals surface area contributed by atoms with Gasteiger partial charge in [-0.25, -0.2) is 14.5 Å². The summed E-state index contributed by atoms with van der Waals surface area (Å²) in [6.07, 6.45) is 1.36. The molecule has 1 N–H and O–H groups in total.